The number of piperidine rings is 1. The molecule has 2 bridgehead atoms. The van der Waals surface area contributed by atoms with E-state index in [2.05, 4.69) is 58.2 Å². The molecule has 2 atom stereocenters. The van der Waals surface area contributed by atoms with Gasteiger partial charge in [0.05, 0.1) is 0 Å². The lowest BCUT2D eigenvalue weighted by atomic mass is 9.96. The van der Waals surface area contributed by atoms with Crippen LogP contribution in [0.3, 0.4) is 0 Å². The standard InChI is InChI=1S/C16H23BrN2/c1-3-18-12-9-14-4-5-15(10-12)19(14)13-6-7-16(17)11(2)8-13/h6-8,12,14-15,18H,3-5,9-10H2,1-2H3. The molecule has 1 aromatic carbocycles. The van der Waals surface area contributed by atoms with E-state index in [9.17, 15) is 0 Å². The molecule has 3 rings (SSSR count). The molecule has 0 saturated carbocycles. The molecule has 1 aromatic rings. The fourth-order valence-electron chi connectivity index (χ4n) is 3.84. The van der Waals surface area contributed by atoms with Crippen molar-refractivity contribution in [3.63, 3.8) is 0 Å². The minimum Gasteiger partial charge on any atom is -0.365 e. The average Bonchev–Trinajstić information content (AvgIpc) is 2.65. The number of nitrogens with zero attached hydrogens (tertiary/aromatic N) is 1. The van der Waals surface area contributed by atoms with Gasteiger partial charge in [-0.25, -0.2) is 0 Å². The summed E-state index contributed by atoms with van der Waals surface area (Å²) in [5, 5.41) is 3.64. The fourth-order valence-corrected chi connectivity index (χ4v) is 4.09. The lowest BCUT2D eigenvalue weighted by Gasteiger charge is -2.41. The van der Waals surface area contributed by atoms with E-state index in [1.54, 1.807) is 0 Å². The Morgan fingerprint density at radius 2 is 1.95 bits per heavy atom. The summed E-state index contributed by atoms with van der Waals surface area (Å²) in [6, 6.07) is 9.02. The molecule has 2 heterocycles. The summed E-state index contributed by atoms with van der Waals surface area (Å²) in [4.78, 5) is 2.69. The molecule has 0 radical (unpaired) electrons. The second-order valence-corrected chi connectivity index (χ2v) is 6.81. The van der Waals surface area contributed by atoms with Crippen LogP contribution in [0.2, 0.25) is 0 Å². The van der Waals surface area contributed by atoms with Crippen molar-refractivity contribution < 1.29 is 0 Å². The first-order valence-electron chi connectivity index (χ1n) is 7.47. The molecule has 104 valence electrons. The molecule has 3 heteroatoms. The number of hydrogen-bond acceptors (Lipinski definition) is 2. The first kappa shape index (κ1) is 13.4. The van der Waals surface area contributed by atoms with Crippen LogP contribution in [0.25, 0.3) is 0 Å². The largest absolute Gasteiger partial charge is 0.365 e. The van der Waals surface area contributed by atoms with Crippen LogP contribution in [0, 0.1) is 6.92 Å². The predicted molar refractivity (Wildman–Crippen MR) is 84.9 cm³/mol. The minimum absolute atomic E-state index is 0.732. The van der Waals surface area contributed by atoms with Crippen molar-refractivity contribution in [2.45, 2.75) is 57.7 Å². The van der Waals surface area contributed by atoms with Crippen LogP contribution in [-0.4, -0.2) is 24.7 Å². The predicted octanol–water partition coefficient (Wildman–Crippen LogP) is 3.87. The van der Waals surface area contributed by atoms with Gasteiger partial charge in [-0.05, 0) is 62.9 Å². The monoisotopic (exact) mass is 322 g/mol. The molecule has 0 amide bonds. The Kier molecular flexibility index (Phi) is 3.86. The van der Waals surface area contributed by atoms with Crippen LogP contribution >= 0.6 is 15.9 Å². The van der Waals surface area contributed by atoms with Crippen molar-refractivity contribution >= 4 is 21.6 Å². The molecule has 2 unspecified atom stereocenters. The zero-order valence-corrected chi connectivity index (χ0v) is 13.4. The van der Waals surface area contributed by atoms with E-state index < -0.39 is 0 Å². The zero-order chi connectivity index (χ0) is 13.4. The van der Waals surface area contributed by atoms with Crippen molar-refractivity contribution in [2.24, 2.45) is 0 Å². The molecule has 2 aliphatic rings. The van der Waals surface area contributed by atoms with Gasteiger partial charge in [0, 0.05) is 28.3 Å². The first-order valence-corrected chi connectivity index (χ1v) is 8.26. The molecule has 2 fully saturated rings. The van der Waals surface area contributed by atoms with Gasteiger partial charge in [-0.2, -0.15) is 0 Å². The summed E-state index contributed by atoms with van der Waals surface area (Å²) >= 11 is 3.60. The van der Waals surface area contributed by atoms with Crippen LogP contribution in [0.4, 0.5) is 5.69 Å². The van der Waals surface area contributed by atoms with Gasteiger partial charge < -0.3 is 10.2 Å². The number of anilines is 1. The molecule has 0 aliphatic carbocycles. The lowest BCUT2D eigenvalue weighted by Crippen LogP contribution is -2.49. The molecule has 0 aromatic heterocycles. The minimum atomic E-state index is 0.732. The second kappa shape index (κ2) is 5.45. The van der Waals surface area contributed by atoms with Crippen molar-refractivity contribution in [1.29, 1.82) is 0 Å². The van der Waals surface area contributed by atoms with Crippen molar-refractivity contribution in [1.82, 2.24) is 5.32 Å². The van der Waals surface area contributed by atoms with Crippen LogP contribution in [-0.2, 0) is 0 Å². The normalized spacial score (nSPS) is 29.8. The van der Waals surface area contributed by atoms with E-state index in [0.29, 0.717) is 0 Å². The van der Waals surface area contributed by atoms with E-state index in [1.807, 2.05) is 0 Å². The molecule has 1 N–H and O–H groups in total. The van der Waals surface area contributed by atoms with Crippen molar-refractivity contribution in [2.75, 3.05) is 11.4 Å². The van der Waals surface area contributed by atoms with E-state index in [-0.39, 0.29) is 0 Å². The Morgan fingerprint density at radius 1 is 1.26 bits per heavy atom. The SMILES string of the molecule is CCNC1CC2CCC(C1)N2c1ccc(Br)c(C)c1. The Hall–Kier alpha value is -0.540. The number of fused-ring (bicyclic) bond motifs is 2. The third-order valence-electron chi connectivity index (χ3n) is 4.67. The Labute approximate surface area is 124 Å². The van der Waals surface area contributed by atoms with Gasteiger partial charge in [0.25, 0.3) is 0 Å². The highest BCUT2D eigenvalue weighted by molar-refractivity contribution is 9.10. The van der Waals surface area contributed by atoms with Crippen LogP contribution in [0.5, 0.6) is 0 Å². The van der Waals surface area contributed by atoms with Crippen LogP contribution in [0.1, 0.15) is 38.2 Å². The molecule has 2 saturated heterocycles. The first-order chi connectivity index (χ1) is 9.19. The maximum absolute atomic E-state index is 3.64. The lowest BCUT2D eigenvalue weighted by molar-refractivity contribution is 0.361. The van der Waals surface area contributed by atoms with E-state index in [1.165, 1.54) is 41.4 Å². The molecular formula is C16H23BrN2. The Balaban J connectivity index is 1.81. The number of benzene rings is 1. The van der Waals surface area contributed by atoms with Gasteiger partial charge in [-0.1, -0.05) is 22.9 Å². The summed E-state index contributed by atoms with van der Waals surface area (Å²) < 4.78 is 1.21. The van der Waals surface area contributed by atoms with E-state index in [4.69, 9.17) is 0 Å². The molecule has 2 aliphatic heterocycles. The highest BCUT2D eigenvalue weighted by Gasteiger charge is 2.40. The van der Waals surface area contributed by atoms with E-state index in [0.717, 1.165) is 24.7 Å². The average molecular weight is 323 g/mol. The number of nitrogens with one attached hydrogen (secondary N) is 1. The molecule has 0 spiro atoms. The number of halogens is 1. The Morgan fingerprint density at radius 3 is 2.53 bits per heavy atom. The summed E-state index contributed by atoms with van der Waals surface area (Å²) in [7, 11) is 0. The molecular weight excluding hydrogens is 300 g/mol. The third kappa shape index (κ3) is 2.55. The molecule has 2 nitrogen and oxygen atoms in total. The van der Waals surface area contributed by atoms with Gasteiger partial charge >= 0.3 is 0 Å². The zero-order valence-electron chi connectivity index (χ0n) is 11.8. The second-order valence-electron chi connectivity index (χ2n) is 5.95. The topological polar surface area (TPSA) is 15.3 Å². The maximum Gasteiger partial charge on any atom is 0.0374 e. The summed E-state index contributed by atoms with van der Waals surface area (Å²) in [6.45, 7) is 5.49. The highest BCUT2D eigenvalue weighted by Crippen LogP contribution is 2.40. The number of hydrogen-bond donors (Lipinski definition) is 1. The van der Waals surface area contributed by atoms with Gasteiger partial charge in [0.1, 0.15) is 0 Å². The van der Waals surface area contributed by atoms with Gasteiger partial charge in [-0.3, -0.25) is 0 Å². The summed E-state index contributed by atoms with van der Waals surface area (Å²) in [5.74, 6) is 0. The van der Waals surface area contributed by atoms with Crippen molar-refractivity contribution in [3.8, 4) is 0 Å². The van der Waals surface area contributed by atoms with Crippen molar-refractivity contribution in [3.05, 3.63) is 28.2 Å². The van der Waals surface area contributed by atoms with Gasteiger partial charge in [-0.15, -0.1) is 0 Å². The summed E-state index contributed by atoms with van der Waals surface area (Å²) in [6.07, 6.45) is 5.34. The molecule has 19 heavy (non-hydrogen) atoms. The summed E-state index contributed by atoms with van der Waals surface area (Å²) in [5.41, 5.74) is 2.76. The van der Waals surface area contributed by atoms with E-state index >= 15 is 0 Å². The van der Waals surface area contributed by atoms with Crippen LogP contribution < -0.4 is 10.2 Å². The smallest absolute Gasteiger partial charge is 0.0374 e. The highest BCUT2D eigenvalue weighted by atomic mass is 79.9. The number of aryl methyl sites for hydroxylation is 1. The Bertz CT molecular complexity index is 446. The van der Waals surface area contributed by atoms with Gasteiger partial charge in [0.15, 0.2) is 0 Å². The van der Waals surface area contributed by atoms with Crippen LogP contribution in [0.15, 0.2) is 22.7 Å². The number of rotatable bonds is 3. The van der Waals surface area contributed by atoms with Gasteiger partial charge in [0.2, 0.25) is 0 Å². The quantitative estimate of drug-likeness (QED) is 0.908. The fraction of sp³-hybridized carbons (Fsp3) is 0.625. The maximum atomic E-state index is 3.64. The third-order valence-corrected chi connectivity index (χ3v) is 5.56.